The molecule has 0 saturated carbocycles. The quantitative estimate of drug-likeness (QED) is 0.319. The van der Waals surface area contributed by atoms with Crippen molar-refractivity contribution in [3.8, 4) is 0 Å². The fourth-order valence-corrected chi connectivity index (χ4v) is 2.71. The highest BCUT2D eigenvalue weighted by atomic mass is 35.5. The van der Waals surface area contributed by atoms with E-state index in [1.165, 1.54) is 18.2 Å². The molecule has 2 aromatic rings. The van der Waals surface area contributed by atoms with Gasteiger partial charge in [0.15, 0.2) is 5.70 Å². The van der Waals surface area contributed by atoms with Crippen LogP contribution in [0.2, 0.25) is 15.1 Å². The van der Waals surface area contributed by atoms with Crippen molar-refractivity contribution in [1.29, 1.82) is 0 Å². The monoisotopic (exact) mass is 396 g/mol. The lowest BCUT2D eigenvalue weighted by atomic mass is 10.2. The number of rotatable bonds is 3. The lowest BCUT2D eigenvalue weighted by Gasteiger charge is -2.02. The topological polar surface area (TPSA) is 81.8 Å². The van der Waals surface area contributed by atoms with E-state index >= 15 is 0 Å². The number of carbonyl (C=O) groups is 1. The number of non-ortho nitro benzene ring substituents is 1. The zero-order chi connectivity index (χ0) is 18.1. The fourth-order valence-electron chi connectivity index (χ4n) is 2.09. The first-order valence-corrected chi connectivity index (χ1v) is 7.91. The zero-order valence-electron chi connectivity index (χ0n) is 12.2. The van der Waals surface area contributed by atoms with Crippen LogP contribution in [0.25, 0.3) is 6.08 Å². The van der Waals surface area contributed by atoms with Crippen molar-refractivity contribution in [1.82, 2.24) is 0 Å². The van der Waals surface area contributed by atoms with Gasteiger partial charge in [-0.3, -0.25) is 10.1 Å². The highest BCUT2D eigenvalue weighted by Crippen LogP contribution is 2.30. The van der Waals surface area contributed by atoms with Gasteiger partial charge in [0.05, 0.1) is 25.6 Å². The largest absolute Gasteiger partial charge is 0.402 e. The number of benzene rings is 2. The number of cyclic esters (lactones) is 1. The number of nitro benzene ring substituents is 1. The average molecular weight is 398 g/mol. The van der Waals surface area contributed by atoms with Gasteiger partial charge in [-0.05, 0) is 23.8 Å². The molecule has 6 nitrogen and oxygen atoms in total. The van der Waals surface area contributed by atoms with Gasteiger partial charge < -0.3 is 4.74 Å². The second-order valence-electron chi connectivity index (χ2n) is 4.90. The molecule has 0 atom stereocenters. The number of aliphatic imine (C=N–C) groups is 1. The van der Waals surface area contributed by atoms with Gasteiger partial charge in [-0.25, -0.2) is 9.79 Å². The number of hydrogen-bond acceptors (Lipinski definition) is 5. The number of hydrogen-bond donors (Lipinski definition) is 0. The van der Waals surface area contributed by atoms with Crippen LogP contribution in [0.1, 0.15) is 11.1 Å². The summed E-state index contributed by atoms with van der Waals surface area (Å²) >= 11 is 18.0. The molecule has 3 rings (SSSR count). The van der Waals surface area contributed by atoms with Crippen LogP contribution in [-0.4, -0.2) is 16.8 Å². The molecule has 0 aromatic heterocycles. The third-order valence-corrected chi connectivity index (χ3v) is 4.43. The van der Waals surface area contributed by atoms with Crippen LogP contribution in [-0.2, 0) is 9.53 Å². The number of esters is 1. The number of halogens is 3. The van der Waals surface area contributed by atoms with Crippen molar-refractivity contribution in [3.63, 3.8) is 0 Å². The van der Waals surface area contributed by atoms with E-state index in [1.54, 1.807) is 18.2 Å². The first-order valence-electron chi connectivity index (χ1n) is 6.77. The summed E-state index contributed by atoms with van der Waals surface area (Å²) in [4.78, 5) is 26.3. The molecule has 0 amide bonds. The average Bonchev–Trinajstić information content (AvgIpc) is 2.92. The maximum atomic E-state index is 12.0. The molecule has 9 heteroatoms. The molecular weight excluding hydrogens is 391 g/mol. The molecule has 0 N–H and O–H groups in total. The minimum atomic E-state index is -0.694. The minimum Gasteiger partial charge on any atom is -0.402 e. The smallest absolute Gasteiger partial charge is 0.363 e. The van der Waals surface area contributed by atoms with Crippen molar-refractivity contribution in [3.05, 3.63) is 78.4 Å². The molecule has 0 unspecified atom stereocenters. The fraction of sp³-hybridized carbons (Fsp3) is 0. The van der Waals surface area contributed by atoms with Gasteiger partial charge in [0, 0.05) is 12.1 Å². The number of nitrogens with zero attached hydrogens (tertiary/aromatic N) is 2. The molecule has 25 heavy (non-hydrogen) atoms. The van der Waals surface area contributed by atoms with Crippen LogP contribution in [0.4, 0.5) is 5.69 Å². The lowest BCUT2D eigenvalue weighted by molar-refractivity contribution is -0.384. The number of nitro groups is 1. The van der Waals surface area contributed by atoms with E-state index in [2.05, 4.69) is 4.99 Å². The zero-order valence-corrected chi connectivity index (χ0v) is 14.5. The highest BCUT2D eigenvalue weighted by molar-refractivity contribution is 6.43. The van der Waals surface area contributed by atoms with Gasteiger partial charge >= 0.3 is 5.97 Å². The molecule has 1 aliphatic heterocycles. The summed E-state index contributed by atoms with van der Waals surface area (Å²) in [7, 11) is 0. The first-order chi connectivity index (χ1) is 11.9. The molecule has 1 heterocycles. The van der Waals surface area contributed by atoms with Crippen LogP contribution in [0.15, 0.2) is 47.1 Å². The van der Waals surface area contributed by atoms with Crippen molar-refractivity contribution < 1.29 is 14.5 Å². The molecule has 0 radical (unpaired) electrons. The standard InChI is InChI=1S/C16H7Cl3N2O4/c17-11-3-1-2-8(14(11)19)6-13-16(22)25-15(20-13)10-5-4-9(21(23)24)7-12(10)18/h1-7H/b13-6-. The van der Waals surface area contributed by atoms with E-state index in [-0.39, 0.29) is 32.9 Å². The second kappa shape index (κ2) is 6.84. The highest BCUT2D eigenvalue weighted by Gasteiger charge is 2.26. The molecule has 1 aliphatic rings. The third kappa shape index (κ3) is 3.51. The van der Waals surface area contributed by atoms with Crippen molar-refractivity contribution >= 4 is 58.4 Å². The Labute approximate surface area is 156 Å². The van der Waals surface area contributed by atoms with Crippen LogP contribution in [0.3, 0.4) is 0 Å². The molecule has 0 saturated heterocycles. The first kappa shape index (κ1) is 17.4. The Morgan fingerprint density at radius 2 is 1.88 bits per heavy atom. The Kier molecular flexibility index (Phi) is 4.76. The van der Waals surface area contributed by atoms with Crippen molar-refractivity contribution in [2.45, 2.75) is 0 Å². The normalized spacial score (nSPS) is 15.2. The maximum Gasteiger partial charge on any atom is 0.363 e. The summed E-state index contributed by atoms with van der Waals surface area (Å²) in [6, 6.07) is 8.72. The van der Waals surface area contributed by atoms with Gasteiger partial charge in [0.2, 0.25) is 5.90 Å². The van der Waals surface area contributed by atoms with E-state index in [0.717, 1.165) is 6.07 Å². The molecule has 0 fully saturated rings. The second-order valence-corrected chi connectivity index (χ2v) is 6.09. The van der Waals surface area contributed by atoms with Crippen LogP contribution >= 0.6 is 34.8 Å². The predicted octanol–water partition coefficient (Wildman–Crippen LogP) is 4.90. The van der Waals surface area contributed by atoms with Gasteiger partial charge in [-0.1, -0.05) is 46.9 Å². The number of carbonyl (C=O) groups excluding carboxylic acids is 1. The molecular formula is C16H7Cl3N2O4. The van der Waals surface area contributed by atoms with E-state index in [9.17, 15) is 14.9 Å². The summed E-state index contributed by atoms with van der Waals surface area (Å²) in [6.45, 7) is 0. The van der Waals surface area contributed by atoms with E-state index < -0.39 is 10.9 Å². The lowest BCUT2D eigenvalue weighted by Crippen LogP contribution is -2.06. The van der Waals surface area contributed by atoms with Crippen LogP contribution < -0.4 is 0 Å². The molecule has 2 aromatic carbocycles. The van der Waals surface area contributed by atoms with Gasteiger partial charge in [0.25, 0.3) is 5.69 Å². The van der Waals surface area contributed by atoms with Crippen LogP contribution in [0, 0.1) is 10.1 Å². The van der Waals surface area contributed by atoms with Crippen molar-refractivity contribution in [2.75, 3.05) is 0 Å². The van der Waals surface area contributed by atoms with Crippen molar-refractivity contribution in [2.24, 2.45) is 4.99 Å². The third-order valence-electron chi connectivity index (χ3n) is 3.29. The summed E-state index contributed by atoms with van der Waals surface area (Å²) in [5, 5.41) is 11.4. The summed E-state index contributed by atoms with van der Waals surface area (Å²) < 4.78 is 5.10. The maximum absolute atomic E-state index is 12.0. The minimum absolute atomic E-state index is 0.00795. The number of ether oxygens (including phenoxy) is 1. The molecule has 0 spiro atoms. The Hall–Kier alpha value is -2.41. The summed E-state index contributed by atoms with van der Waals surface area (Å²) in [5.74, 6) is -0.741. The summed E-state index contributed by atoms with van der Waals surface area (Å²) in [6.07, 6.45) is 1.43. The molecule has 0 aliphatic carbocycles. The predicted molar refractivity (Wildman–Crippen MR) is 95.2 cm³/mol. The Bertz CT molecular complexity index is 970. The van der Waals surface area contributed by atoms with Gasteiger partial charge in [0.1, 0.15) is 0 Å². The van der Waals surface area contributed by atoms with E-state index in [1.807, 2.05) is 0 Å². The molecule has 126 valence electrons. The summed E-state index contributed by atoms with van der Waals surface area (Å²) in [5.41, 5.74) is 0.593. The van der Waals surface area contributed by atoms with E-state index in [4.69, 9.17) is 39.5 Å². The Balaban J connectivity index is 1.99. The Morgan fingerprint density at radius 3 is 2.56 bits per heavy atom. The Morgan fingerprint density at radius 1 is 1.12 bits per heavy atom. The van der Waals surface area contributed by atoms with Crippen LogP contribution in [0.5, 0.6) is 0 Å². The SMILES string of the molecule is O=C1OC(c2ccc([N+](=O)[O-])cc2Cl)=N/C1=C\c1cccc(Cl)c1Cl. The van der Waals surface area contributed by atoms with E-state index in [0.29, 0.717) is 10.6 Å². The van der Waals surface area contributed by atoms with Gasteiger partial charge in [-0.2, -0.15) is 0 Å². The molecule has 0 bridgehead atoms. The van der Waals surface area contributed by atoms with Gasteiger partial charge in [-0.15, -0.1) is 0 Å².